The number of hydrogen-bond acceptors (Lipinski definition) is 4. The second kappa shape index (κ2) is 8.52. The molecule has 3 heterocycles. The van der Waals surface area contributed by atoms with Crippen LogP contribution in [0, 0.1) is 5.92 Å². The maximum Gasteiger partial charge on any atom is 0.246 e. The monoisotopic (exact) mass is 385 g/mol. The highest BCUT2D eigenvalue weighted by Gasteiger charge is 2.36. The van der Waals surface area contributed by atoms with Gasteiger partial charge in [0, 0.05) is 51.3 Å². The summed E-state index contributed by atoms with van der Waals surface area (Å²) < 4.78 is 5.83. The van der Waals surface area contributed by atoms with Gasteiger partial charge >= 0.3 is 0 Å². The van der Waals surface area contributed by atoms with E-state index in [0.717, 1.165) is 50.5 Å². The van der Waals surface area contributed by atoms with Crippen molar-refractivity contribution in [3.05, 3.63) is 29.7 Å². The summed E-state index contributed by atoms with van der Waals surface area (Å²) in [4.78, 5) is 30.9. The Hall–Kier alpha value is -2.08. The molecule has 3 aliphatic rings. The predicted molar refractivity (Wildman–Crippen MR) is 108 cm³/mol. The minimum Gasteiger partial charge on any atom is -0.461 e. The van der Waals surface area contributed by atoms with E-state index in [1.165, 1.54) is 12.8 Å². The minimum absolute atomic E-state index is 0.0137. The molecule has 28 heavy (non-hydrogen) atoms. The van der Waals surface area contributed by atoms with E-state index in [1.54, 1.807) is 12.2 Å². The molecule has 0 aromatic carbocycles. The SMILES string of the molecule is CC1CC1c1ccc(/C=C/C(=O)N2CCN(CC(=O)N3CCCCC3)CC2)o1. The van der Waals surface area contributed by atoms with Crippen molar-refractivity contribution in [2.45, 2.75) is 38.5 Å². The van der Waals surface area contributed by atoms with Crippen molar-refractivity contribution in [1.82, 2.24) is 14.7 Å². The molecule has 1 saturated carbocycles. The highest BCUT2D eigenvalue weighted by molar-refractivity contribution is 5.91. The Morgan fingerprint density at radius 3 is 2.43 bits per heavy atom. The zero-order chi connectivity index (χ0) is 19.5. The van der Waals surface area contributed by atoms with Gasteiger partial charge in [-0.25, -0.2) is 0 Å². The summed E-state index contributed by atoms with van der Waals surface area (Å²) in [5, 5.41) is 0. The van der Waals surface area contributed by atoms with Crippen LogP contribution in [0.4, 0.5) is 0 Å². The van der Waals surface area contributed by atoms with Crippen LogP contribution in [0.3, 0.4) is 0 Å². The number of piperazine rings is 1. The number of carbonyl (C=O) groups is 2. The van der Waals surface area contributed by atoms with Gasteiger partial charge in [-0.1, -0.05) is 6.92 Å². The number of likely N-dealkylation sites (tertiary alicyclic amines) is 1. The fraction of sp³-hybridized carbons (Fsp3) is 0.636. The predicted octanol–water partition coefficient (Wildman–Crippen LogP) is 2.57. The number of rotatable bonds is 5. The first-order chi connectivity index (χ1) is 13.6. The van der Waals surface area contributed by atoms with Gasteiger partial charge in [-0.05, 0) is 49.8 Å². The van der Waals surface area contributed by atoms with Crippen molar-refractivity contribution in [2.24, 2.45) is 5.92 Å². The van der Waals surface area contributed by atoms with Crippen LogP contribution in [0.25, 0.3) is 6.08 Å². The molecule has 2 unspecified atom stereocenters. The normalized spacial score (nSPS) is 26.0. The van der Waals surface area contributed by atoms with Crippen molar-refractivity contribution in [3.63, 3.8) is 0 Å². The lowest BCUT2D eigenvalue weighted by Crippen LogP contribution is -2.51. The van der Waals surface area contributed by atoms with Gasteiger partial charge in [0.25, 0.3) is 0 Å². The Labute approximate surface area is 167 Å². The van der Waals surface area contributed by atoms with E-state index in [0.29, 0.717) is 31.5 Å². The fourth-order valence-corrected chi connectivity index (χ4v) is 4.20. The number of furan rings is 1. The molecule has 6 nitrogen and oxygen atoms in total. The van der Waals surface area contributed by atoms with Crippen LogP contribution in [0.1, 0.15) is 50.0 Å². The van der Waals surface area contributed by atoms with Crippen LogP contribution < -0.4 is 0 Å². The van der Waals surface area contributed by atoms with Crippen LogP contribution in [-0.4, -0.2) is 72.3 Å². The first-order valence-corrected chi connectivity index (χ1v) is 10.7. The molecular formula is C22H31N3O3. The van der Waals surface area contributed by atoms with E-state index in [1.807, 2.05) is 21.9 Å². The quantitative estimate of drug-likeness (QED) is 0.731. The molecule has 152 valence electrons. The molecule has 3 fully saturated rings. The lowest BCUT2D eigenvalue weighted by Gasteiger charge is -2.35. The van der Waals surface area contributed by atoms with Crippen LogP contribution in [0.5, 0.6) is 0 Å². The van der Waals surface area contributed by atoms with E-state index in [-0.39, 0.29) is 11.8 Å². The maximum absolute atomic E-state index is 12.5. The van der Waals surface area contributed by atoms with Gasteiger partial charge in [0.05, 0.1) is 6.54 Å². The Bertz CT molecular complexity index is 727. The molecule has 1 aromatic heterocycles. The average Bonchev–Trinajstić information content (AvgIpc) is 3.26. The Balaban J connectivity index is 1.21. The lowest BCUT2D eigenvalue weighted by atomic mass is 10.1. The van der Waals surface area contributed by atoms with Crippen LogP contribution in [0.15, 0.2) is 22.6 Å². The summed E-state index contributed by atoms with van der Waals surface area (Å²) in [6, 6.07) is 3.96. The molecule has 1 aromatic rings. The van der Waals surface area contributed by atoms with Gasteiger partial charge in [-0.2, -0.15) is 0 Å². The summed E-state index contributed by atoms with van der Waals surface area (Å²) >= 11 is 0. The zero-order valence-corrected chi connectivity index (χ0v) is 16.8. The lowest BCUT2D eigenvalue weighted by molar-refractivity contribution is -0.134. The summed E-state index contributed by atoms with van der Waals surface area (Å²) in [7, 11) is 0. The van der Waals surface area contributed by atoms with E-state index in [4.69, 9.17) is 4.42 Å². The average molecular weight is 386 g/mol. The first kappa shape index (κ1) is 19.2. The summed E-state index contributed by atoms with van der Waals surface area (Å²) in [5.41, 5.74) is 0. The third-order valence-electron chi connectivity index (χ3n) is 6.26. The number of carbonyl (C=O) groups excluding carboxylic acids is 2. The molecule has 2 atom stereocenters. The number of amides is 2. The van der Waals surface area contributed by atoms with Gasteiger partial charge in [-0.3, -0.25) is 14.5 Å². The molecule has 0 bridgehead atoms. The smallest absolute Gasteiger partial charge is 0.246 e. The minimum atomic E-state index is 0.0137. The third-order valence-corrected chi connectivity index (χ3v) is 6.26. The van der Waals surface area contributed by atoms with E-state index < -0.39 is 0 Å². The Morgan fingerprint density at radius 2 is 1.75 bits per heavy atom. The molecule has 2 saturated heterocycles. The van der Waals surface area contributed by atoms with Crippen molar-refractivity contribution in [3.8, 4) is 0 Å². The molecule has 0 N–H and O–H groups in total. The topological polar surface area (TPSA) is 57.0 Å². The second-order valence-corrected chi connectivity index (χ2v) is 8.44. The van der Waals surface area contributed by atoms with Gasteiger partial charge in [0.2, 0.25) is 11.8 Å². The Morgan fingerprint density at radius 1 is 1.04 bits per heavy atom. The van der Waals surface area contributed by atoms with E-state index in [2.05, 4.69) is 11.8 Å². The summed E-state index contributed by atoms with van der Waals surface area (Å²) in [6.45, 7) is 7.34. The number of piperidine rings is 1. The highest BCUT2D eigenvalue weighted by Crippen LogP contribution is 2.47. The number of nitrogens with zero attached hydrogens (tertiary/aromatic N) is 3. The van der Waals surface area contributed by atoms with Crippen molar-refractivity contribution >= 4 is 17.9 Å². The highest BCUT2D eigenvalue weighted by atomic mass is 16.3. The van der Waals surface area contributed by atoms with Crippen molar-refractivity contribution < 1.29 is 14.0 Å². The molecule has 0 radical (unpaired) electrons. The molecule has 4 rings (SSSR count). The van der Waals surface area contributed by atoms with Crippen molar-refractivity contribution in [1.29, 1.82) is 0 Å². The number of hydrogen-bond donors (Lipinski definition) is 0. The molecule has 0 spiro atoms. The molecule has 2 aliphatic heterocycles. The fourth-order valence-electron chi connectivity index (χ4n) is 4.20. The Kier molecular flexibility index (Phi) is 5.85. The molecule has 1 aliphatic carbocycles. The summed E-state index contributed by atoms with van der Waals surface area (Å²) in [6.07, 6.45) is 8.05. The standard InChI is InChI=1S/C22H31N3O3/c1-17-15-19(17)20-7-5-18(28-20)6-8-21(26)25-13-11-23(12-14-25)16-22(27)24-9-3-2-4-10-24/h5-8,17,19H,2-4,9-16H2,1H3/b8-6+. The third kappa shape index (κ3) is 4.66. The molecular weight excluding hydrogens is 354 g/mol. The van der Waals surface area contributed by atoms with Crippen molar-refractivity contribution in [2.75, 3.05) is 45.8 Å². The van der Waals surface area contributed by atoms with E-state index >= 15 is 0 Å². The molecule has 6 heteroatoms. The van der Waals surface area contributed by atoms with Gasteiger partial charge in [-0.15, -0.1) is 0 Å². The largest absolute Gasteiger partial charge is 0.461 e. The van der Waals surface area contributed by atoms with Gasteiger partial charge in [0.1, 0.15) is 11.5 Å². The first-order valence-electron chi connectivity index (χ1n) is 10.7. The van der Waals surface area contributed by atoms with Gasteiger partial charge in [0.15, 0.2) is 0 Å². The van der Waals surface area contributed by atoms with E-state index in [9.17, 15) is 9.59 Å². The maximum atomic E-state index is 12.5. The summed E-state index contributed by atoms with van der Waals surface area (Å²) in [5.74, 6) is 3.29. The van der Waals surface area contributed by atoms with Gasteiger partial charge < -0.3 is 14.2 Å². The second-order valence-electron chi connectivity index (χ2n) is 8.44. The van der Waals surface area contributed by atoms with Crippen LogP contribution in [0.2, 0.25) is 0 Å². The van der Waals surface area contributed by atoms with Crippen LogP contribution in [-0.2, 0) is 9.59 Å². The van der Waals surface area contributed by atoms with Crippen LogP contribution >= 0.6 is 0 Å². The molecule has 2 amide bonds. The zero-order valence-electron chi connectivity index (χ0n) is 16.8.